The fourth-order valence-electron chi connectivity index (χ4n) is 2.83. The van der Waals surface area contributed by atoms with Crippen molar-refractivity contribution >= 4 is 44.7 Å². The number of aromatic nitrogens is 3. The molecule has 0 aliphatic rings. The lowest BCUT2D eigenvalue weighted by Crippen LogP contribution is -1.99. The molecule has 2 aromatic heterocycles. The summed E-state index contributed by atoms with van der Waals surface area (Å²) in [4.78, 5) is 4.28. The molecule has 2 heterocycles. The maximum atomic E-state index is 13.5. The molecule has 0 spiro atoms. The van der Waals surface area contributed by atoms with Crippen molar-refractivity contribution < 1.29 is 4.39 Å². The number of halogens is 2. The van der Waals surface area contributed by atoms with Gasteiger partial charge < -0.3 is 5.32 Å². The Hall–Kier alpha value is -2.99. The van der Waals surface area contributed by atoms with Crippen molar-refractivity contribution in [1.29, 1.82) is 0 Å². The number of aromatic amines is 1. The zero-order valence-electron chi connectivity index (χ0n) is 14.3. The molecule has 0 amide bonds. The van der Waals surface area contributed by atoms with Crippen molar-refractivity contribution in [2.24, 2.45) is 0 Å². The molecule has 27 heavy (non-hydrogen) atoms. The number of hydrogen-bond donors (Lipinski definition) is 2. The summed E-state index contributed by atoms with van der Waals surface area (Å²) in [5.41, 5.74) is 4.48. The molecule has 0 fully saturated rings. The second-order valence-electron chi connectivity index (χ2n) is 6.09. The fraction of sp³-hybridized carbons (Fsp3) is 0.0476. The van der Waals surface area contributed by atoms with Gasteiger partial charge in [-0.3, -0.25) is 10.1 Å². The maximum absolute atomic E-state index is 13.5. The number of nitrogens with zero attached hydrogens (tertiary/aromatic N) is 2. The quantitative estimate of drug-likeness (QED) is 0.437. The van der Waals surface area contributed by atoms with E-state index < -0.39 is 0 Å². The summed E-state index contributed by atoms with van der Waals surface area (Å²) < 4.78 is 14.2. The molecule has 0 atom stereocenters. The smallest absolute Gasteiger partial charge is 0.124 e. The summed E-state index contributed by atoms with van der Waals surface area (Å²) in [6, 6.07) is 16.6. The first-order chi connectivity index (χ1) is 13.2. The second kappa shape index (κ2) is 7.72. The van der Waals surface area contributed by atoms with Gasteiger partial charge in [0.25, 0.3) is 0 Å². The summed E-state index contributed by atoms with van der Waals surface area (Å²) in [7, 11) is 0. The van der Waals surface area contributed by atoms with E-state index in [1.807, 2.05) is 54.6 Å². The van der Waals surface area contributed by atoms with Crippen LogP contribution in [0.3, 0.4) is 0 Å². The Morgan fingerprint density at radius 2 is 2.00 bits per heavy atom. The highest BCUT2D eigenvalue weighted by atomic mass is 79.9. The van der Waals surface area contributed by atoms with E-state index in [0.29, 0.717) is 6.54 Å². The summed E-state index contributed by atoms with van der Waals surface area (Å²) >= 11 is 3.32. The molecule has 0 bridgehead atoms. The molecule has 0 saturated heterocycles. The molecule has 2 aromatic carbocycles. The zero-order chi connectivity index (χ0) is 18.6. The van der Waals surface area contributed by atoms with E-state index in [9.17, 15) is 4.39 Å². The molecule has 0 radical (unpaired) electrons. The third kappa shape index (κ3) is 4.23. The standard InChI is InChI=1S/C21H16BrFN4/c22-15-9-14(10-16(23)11-15)13-25-18-5-7-21-19(12-18)20(26-27-21)6-4-17-3-1-2-8-24-17/h1-12,25H,13H2,(H,26,27). The number of anilines is 1. The lowest BCUT2D eigenvalue weighted by atomic mass is 10.1. The van der Waals surface area contributed by atoms with E-state index in [2.05, 4.69) is 36.4 Å². The SMILES string of the molecule is Fc1cc(Br)cc(CNc2ccc3[nH]nc(C=Cc4ccccn4)c3c2)c1. The summed E-state index contributed by atoms with van der Waals surface area (Å²) in [6.45, 7) is 0.527. The first kappa shape index (κ1) is 17.4. The first-order valence-electron chi connectivity index (χ1n) is 8.43. The van der Waals surface area contributed by atoms with Crippen molar-refractivity contribution in [3.8, 4) is 0 Å². The highest BCUT2D eigenvalue weighted by Gasteiger charge is 2.05. The van der Waals surface area contributed by atoms with E-state index in [1.165, 1.54) is 12.1 Å². The van der Waals surface area contributed by atoms with Gasteiger partial charge in [0, 0.05) is 28.3 Å². The van der Waals surface area contributed by atoms with Crippen molar-refractivity contribution in [2.45, 2.75) is 6.54 Å². The van der Waals surface area contributed by atoms with Crippen LogP contribution in [0.2, 0.25) is 0 Å². The molecule has 4 aromatic rings. The largest absolute Gasteiger partial charge is 0.381 e. The molecule has 4 nitrogen and oxygen atoms in total. The van der Waals surface area contributed by atoms with Gasteiger partial charge in [0.05, 0.1) is 16.9 Å². The summed E-state index contributed by atoms with van der Waals surface area (Å²) in [5, 5.41) is 11.7. The number of hydrogen-bond acceptors (Lipinski definition) is 3. The van der Waals surface area contributed by atoms with Crippen LogP contribution >= 0.6 is 15.9 Å². The van der Waals surface area contributed by atoms with Gasteiger partial charge in [0.1, 0.15) is 5.82 Å². The maximum Gasteiger partial charge on any atom is 0.124 e. The van der Waals surface area contributed by atoms with Crippen LogP contribution in [0.1, 0.15) is 17.0 Å². The minimum atomic E-state index is -0.256. The van der Waals surface area contributed by atoms with Gasteiger partial charge in [-0.2, -0.15) is 5.10 Å². The third-order valence-corrected chi connectivity index (χ3v) is 4.57. The van der Waals surface area contributed by atoms with E-state index >= 15 is 0 Å². The monoisotopic (exact) mass is 422 g/mol. The average Bonchev–Trinajstić information content (AvgIpc) is 3.07. The lowest BCUT2D eigenvalue weighted by Gasteiger charge is -2.07. The van der Waals surface area contributed by atoms with E-state index in [-0.39, 0.29) is 5.82 Å². The Labute approximate surface area is 164 Å². The minimum absolute atomic E-state index is 0.256. The van der Waals surface area contributed by atoms with Gasteiger partial charge in [-0.25, -0.2) is 4.39 Å². The van der Waals surface area contributed by atoms with Crippen LogP contribution in [0.5, 0.6) is 0 Å². The van der Waals surface area contributed by atoms with Gasteiger partial charge in [0.2, 0.25) is 0 Å². The Morgan fingerprint density at radius 1 is 1.07 bits per heavy atom. The molecule has 134 valence electrons. The third-order valence-electron chi connectivity index (χ3n) is 4.11. The number of rotatable bonds is 5. The van der Waals surface area contributed by atoms with Crippen molar-refractivity contribution in [3.05, 3.63) is 88.0 Å². The van der Waals surface area contributed by atoms with Gasteiger partial charge >= 0.3 is 0 Å². The minimum Gasteiger partial charge on any atom is -0.381 e. The predicted octanol–water partition coefficient (Wildman–Crippen LogP) is 5.64. The van der Waals surface area contributed by atoms with Crippen LogP contribution in [0.15, 0.2) is 65.3 Å². The Morgan fingerprint density at radius 3 is 2.81 bits per heavy atom. The van der Waals surface area contributed by atoms with Crippen LogP contribution in [-0.2, 0) is 6.54 Å². The van der Waals surface area contributed by atoms with Crippen LogP contribution in [-0.4, -0.2) is 15.2 Å². The molecular weight excluding hydrogens is 407 g/mol. The van der Waals surface area contributed by atoms with Crippen molar-refractivity contribution in [3.63, 3.8) is 0 Å². The van der Waals surface area contributed by atoms with Gasteiger partial charge in [-0.15, -0.1) is 0 Å². The Balaban J connectivity index is 1.55. The number of fused-ring (bicyclic) bond motifs is 1. The Kier molecular flexibility index (Phi) is 4.98. The summed E-state index contributed by atoms with van der Waals surface area (Å²) in [5.74, 6) is -0.256. The van der Waals surface area contributed by atoms with E-state index in [1.54, 1.807) is 6.20 Å². The topological polar surface area (TPSA) is 53.6 Å². The number of benzene rings is 2. The first-order valence-corrected chi connectivity index (χ1v) is 9.23. The molecular formula is C21H16BrFN4. The molecule has 0 aliphatic carbocycles. The highest BCUT2D eigenvalue weighted by Crippen LogP contribution is 2.23. The highest BCUT2D eigenvalue weighted by molar-refractivity contribution is 9.10. The average molecular weight is 423 g/mol. The van der Waals surface area contributed by atoms with E-state index in [4.69, 9.17) is 0 Å². The van der Waals surface area contributed by atoms with Gasteiger partial charge in [-0.1, -0.05) is 22.0 Å². The fourth-order valence-corrected chi connectivity index (χ4v) is 3.34. The van der Waals surface area contributed by atoms with Crippen LogP contribution in [0.25, 0.3) is 23.1 Å². The zero-order valence-corrected chi connectivity index (χ0v) is 15.9. The normalized spacial score (nSPS) is 11.3. The number of nitrogens with one attached hydrogen (secondary N) is 2. The molecule has 0 saturated carbocycles. The Bertz CT molecular complexity index is 1090. The summed E-state index contributed by atoms with van der Waals surface area (Å²) in [6.07, 6.45) is 5.63. The van der Waals surface area contributed by atoms with Gasteiger partial charge in [0.15, 0.2) is 0 Å². The number of pyridine rings is 1. The molecule has 4 rings (SSSR count). The van der Waals surface area contributed by atoms with Crippen LogP contribution in [0, 0.1) is 5.82 Å². The van der Waals surface area contributed by atoms with Crippen LogP contribution in [0.4, 0.5) is 10.1 Å². The van der Waals surface area contributed by atoms with Crippen molar-refractivity contribution in [2.75, 3.05) is 5.32 Å². The molecule has 6 heteroatoms. The van der Waals surface area contributed by atoms with Gasteiger partial charge in [-0.05, 0) is 66.2 Å². The van der Waals surface area contributed by atoms with Crippen LogP contribution < -0.4 is 5.32 Å². The molecule has 0 aliphatic heterocycles. The second-order valence-corrected chi connectivity index (χ2v) is 7.00. The molecule has 0 unspecified atom stereocenters. The van der Waals surface area contributed by atoms with E-state index in [0.717, 1.165) is 38.0 Å². The lowest BCUT2D eigenvalue weighted by molar-refractivity contribution is 0.625. The molecule has 2 N–H and O–H groups in total. The predicted molar refractivity (Wildman–Crippen MR) is 111 cm³/mol. The van der Waals surface area contributed by atoms with Crippen molar-refractivity contribution in [1.82, 2.24) is 15.2 Å². The number of H-pyrrole nitrogens is 1.